The highest BCUT2D eigenvalue weighted by atomic mass is 16.3. The largest absolute Gasteiger partial charge is 0.467 e. The van der Waals surface area contributed by atoms with E-state index in [1.807, 2.05) is 19.1 Å². The second-order valence-electron chi connectivity index (χ2n) is 5.15. The van der Waals surface area contributed by atoms with Crippen molar-refractivity contribution in [3.05, 3.63) is 24.2 Å². The topological polar surface area (TPSA) is 68.3 Å². The summed E-state index contributed by atoms with van der Waals surface area (Å²) in [5.74, 6) is 0.795. The van der Waals surface area contributed by atoms with Crippen LogP contribution in [0.15, 0.2) is 22.8 Å². The fraction of sp³-hybridized carbons (Fsp3) is 0.643. The molecule has 0 spiro atoms. The van der Waals surface area contributed by atoms with Gasteiger partial charge in [-0.3, -0.25) is 4.79 Å². The number of carbonyl (C=O) groups excluding carboxylic acids is 1. The van der Waals surface area contributed by atoms with Crippen LogP contribution in [-0.4, -0.2) is 11.9 Å². The Kier molecular flexibility index (Phi) is 4.42. The molecule has 4 heteroatoms. The fourth-order valence-corrected chi connectivity index (χ4v) is 2.59. The normalized spacial score (nSPS) is 26.3. The zero-order valence-electron chi connectivity index (χ0n) is 10.9. The minimum absolute atomic E-state index is 0.00342. The van der Waals surface area contributed by atoms with Gasteiger partial charge in [0.25, 0.3) is 0 Å². The summed E-state index contributed by atoms with van der Waals surface area (Å²) in [5.41, 5.74) is 6.09. The third-order valence-corrected chi connectivity index (χ3v) is 3.73. The molecule has 1 aliphatic carbocycles. The molecule has 1 aromatic heterocycles. The van der Waals surface area contributed by atoms with Crippen molar-refractivity contribution in [1.29, 1.82) is 0 Å². The maximum Gasteiger partial charge on any atom is 0.225 e. The van der Waals surface area contributed by atoms with E-state index in [1.54, 1.807) is 6.26 Å². The van der Waals surface area contributed by atoms with Gasteiger partial charge < -0.3 is 15.5 Å². The van der Waals surface area contributed by atoms with Gasteiger partial charge in [-0.2, -0.15) is 0 Å². The van der Waals surface area contributed by atoms with Gasteiger partial charge in [0, 0.05) is 6.04 Å². The van der Waals surface area contributed by atoms with Gasteiger partial charge >= 0.3 is 0 Å². The maximum absolute atomic E-state index is 12.2. The van der Waals surface area contributed by atoms with Crippen molar-refractivity contribution >= 4 is 5.91 Å². The van der Waals surface area contributed by atoms with E-state index >= 15 is 0 Å². The van der Waals surface area contributed by atoms with Crippen molar-refractivity contribution in [3.63, 3.8) is 0 Å². The summed E-state index contributed by atoms with van der Waals surface area (Å²) in [6.45, 7) is 1.93. The molecule has 1 aromatic rings. The number of furan rings is 1. The van der Waals surface area contributed by atoms with Crippen LogP contribution in [0.1, 0.15) is 50.8 Å². The number of nitrogens with one attached hydrogen (secondary N) is 1. The van der Waals surface area contributed by atoms with Gasteiger partial charge in [-0.05, 0) is 31.9 Å². The summed E-state index contributed by atoms with van der Waals surface area (Å²) in [7, 11) is 0. The van der Waals surface area contributed by atoms with Crippen molar-refractivity contribution in [3.8, 4) is 0 Å². The Morgan fingerprint density at radius 1 is 1.44 bits per heavy atom. The lowest BCUT2D eigenvalue weighted by Crippen LogP contribution is -2.42. The zero-order chi connectivity index (χ0) is 13.0. The van der Waals surface area contributed by atoms with E-state index in [4.69, 9.17) is 10.2 Å². The van der Waals surface area contributed by atoms with Crippen LogP contribution in [0.4, 0.5) is 0 Å². The Hall–Kier alpha value is -1.29. The molecule has 100 valence electrons. The first-order valence-corrected chi connectivity index (χ1v) is 6.78. The molecular formula is C14H22N2O2. The molecule has 3 atom stereocenters. The third-order valence-electron chi connectivity index (χ3n) is 3.73. The number of hydrogen-bond donors (Lipinski definition) is 2. The van der Waals surface area contributed by atoms with Gasteiger partial charge in [-0.25, -0.2) is 0 Å². The molecule has 2 unspecified atom stereocenters. The van der Waals surface area contributed by atoms with Crippen LogP contribution in [0.2, 0.25) is 0 Å². The molecule has 1 fully saturated rings. The van der Waals surface area contributed by atoms with Crippen LogP contribution in [0.5, 0.6) is 0 Å². The number of nitrogens with two attached hydrogens (primary N) is 1. The predicted octanol–water partition coefficient (Wildman–Crippen LogP) is 2.36. The van der Waals surface area contributed by atoms with Gasteiger partial charge in [0.05, 0.1) is 18.2 Å². The van der Waals surface area contributed by atoms with Crippen molar-refractivity contribution in [1.82, 2.24) is 5.32 Å². The van der Waals surface area contributed by atoms with Gasteiger partial charge in [-0.15, -0.1) is 0 Å². The molecule has 0 radical (unpaired) electrons. The molecular weight excluding hydrogens is 228 g/mol. The summed E-state index contributed by atoms with van der Waals surface area (Å²) in [6, 6.07) is 3.60. The van der Waals surface area contributed by atoms with E-state index < -0.39 is 0 Å². The Morgan fingerprint density at radius 2 is 2.22 bits per heavy atom. The highest BCUT2D eigenvalue weighted by molar-refractivity contribution is 5.79. The summed E-state index contributed by atoms with van der Waals surface area (Å²) < 4.78 is 5.29. The molecule has 1 amide bonds. The standard InChI is InChI=1S/C14H22N2O2/c1-10(13-8-5-9-18-13)16-14(17)11-6-3-2-4-7-12(11)15/h5,8-12H,2-4,6-7,15H2,1H3,(H,16,17)/t10-,11?,12?/m1/s1. The average Bonchev–Trinajstić information content (AvgIpc) is 2.79. The van der Waals surface area contributed by atoms with Crippen LogP contribution in [0.3, 0.4) is 0 Å². The first-order chi connectivity index (χ1) is 8.68. The molecule has 0 aromatic carbocycles. The van der Waals surface area contributed by atoms with E-state index in [-0.39, 0.29) is 23.9 Å². The summed E-state index contributed by atoms with van der Waals surface area (Å²) in [4.78, 5) is 12.2. The molecule has 2 rings (SSSR count). The van der Waals surface area contributed by atoms with Gasteiger partial charge in [0.1, 0.15) is 5.76 Å². The molecule has 18 heavy (non-hydrogen) atoms. The second kappa shape index (κ2) is 6.05. The monoisotopic (exact) mass is 250 g/mol. The molecule has 1 aliphatic rings. The summed E-state index contributed by atoms with van der Waals surface area (Å²) >= 11 is 0. The number of carbonyl (C=O) groups is 1. The first-order valence-electron chi connectivity index (χ1n) is 6.78. The lowest BCUT2D eigenvalue weighted by molar-refractivity contribution is -0.126. The molecule has 1 saturated carbocycles. The third kappa shape index (κ3) is 3.13. The van der Waals surface area contributed by atoms with Crippen LogP contribution in [0, 0.1) is 5.92 Å². The Balaban J connectivity index is 1.94. The molecule has 0 saturated heterocycles. The fourth-order valence-electron chi connectivity index (χ4n) is 2.59. The molecule has 4 nitrogen and oxygen atoms in total. The maximum atomic E-state index is 12.2. The SMILES string of the molecule is C[C@@H](NC(=O)C1CCCCCC1N)c1ccco1. The van der Waals surface area contributed by atoms with E-state index in [0.29, 0.717) is 0 Å². The average molecular weight is 250 g/mol. The molecule has 0 bridgehead atoms. The van der Waals surface area contributed by atoms with Gasteiger partial charge in [-0.1, -0.05) is 19.3 Å². The Labute approximate surface area is 108 Å². The van der Waals surface area contributed by atoms with Crippen molar-refractivity contribution in [2.75, 3.05) is 0 Å². The summed E-state index contributed by atoms with van der Waals surface area (Å²) in [5, 5.41) is 3.00. The molecule has 3 N–H and O–H groups in total. The zero-order valence-corrected chi connectivity index (χ0v) is 10.9. The second-order valence-corrected chi connectivity index (χ2v) is 5.15. The van der Waals surface area contributed by atoms with Crippen molar-refractivity contribution in [2.45, 2.75) is 51.1 Å². The Bertz CT molecular complexity index is 375. The highest BCUT2D eigenvalue weighted by Crippen LogP contribution is 2.23. The van der Waals surface area contributed by atoms with Crippen LogP contribution in [0.25, 0.3) is 0 Å². The van der Waals surface area contributed by atoms with Crippen molar-refractivity contribution < 1.29 is 9.21 Å². The lowest BCUT2D eigenvalue weighted by atomic mass is 9.94. The minimum atomic E-state index is -0.0945. The lowest BCUT2D eigenvalue weighted by Gasteiger charge is -2.22. The highest BCUT2D eigenvalue weighted by Gasteiger charge is 2.28. The minimum Gasteiger partial charge on any atom is -0.467 e. The number of hydrogen-bond acceptors (Lipinski definition) is 3. The van der Waals surface area contributed by atoms with Gasteiger partial charge in [0.2, 0.25) is 5.91 Å². The predicted molar refractivity (Wildman–Crippen MR) is 69.8 cm³/mol. The van der Waals surface area contributed by atoms with Crippen LogP contribution < -0.4 is 11.1 Å². The van der Waals surface area contributed by atoms with Crippen LogP contribution in [-0.2, 0) is 4.79 Å². The van der Waals surface area contributed by atoms with Gasteiger partial charge in [0.15, 0.2) is 0 Å². The summed E-state index contributed by atoms with van der Waals surface area (Å²) in [6.07, 6.45) is 6.89. The van der Waals surface area contributed by atoms with E-state index in [9.17, 15) is 4.79 Å². The number of rotatable bonds is 3. The van der Waals surface area contributed by atoms with E-state index in [1.165, 1.54) is 6.42 Å². The van der Waals surface area contributed by atoms with E-state index in [0.717, 1.165) is 31.4 Å². The molecule has 1 heterocycles. The van der Waals surface area contributed by atoms with Crippen LogP contribution >= 0.6 is 0 Å². The Morgan fingerprint density at radius 3 is 2.94 bits per heavy atom. The van der Waals surface area contributed by atoms with E-state index in [2.05, 4.69) is 5.32 Å². The smallest absolute Gasteiger partial charge is 0.225 e. The van der Waals surface area contributed by atoms with Crippen molar-refractivity contribution in [2.24, 2.45) is 11.7 Å². The number of amides is 1. The molecule has 0 aliphatic heterocycles. The first kappa shape index (κ1) is 13.1. The quantitative estimate of drug-likeness (QED) is 0.809.